The minimum Gasteiger partial charge on any atom is -0.378 e. The summed E-state index contributed by atoms with van der Waals surface area (Å²) in [5, 5.41) is 2.79. The zero-order valence-corrected chi connectivity index (χ0v) is 13.0. The first-order valence-electron chi connectivity index (χ1n) is 7.58. The Hall–Kier alpha value is -2.60. The van der Waals surface area contributed by atoms with E-state index in [9.17, 15) is 9.59 Å². The van der Waals surface area contributed by atoms with Crippen LogP contribution in [0.25, 0.3) is 0 Å². The van der Waals surface area contributed by atoms with Gasteiger partial charge in [0, 0.05) is 24.3 Å². The molecule has 0 saturated carbocycles. The quantitative estimate of drug-likeness (QED) is 0.910. The highest BCUT2D eigenvalue weighted by atomic mass is 16.5. The van der Waals surface area contributed by atoms with E-state index in [0.29, 0.717) is 43.2 Å². The Kier molecular flexibility index (Phi) is 4.43. The second-order valence-corrected chi connectivity index (χ2v) is 5.47. The molecule has 2 amide bonds. The van der Waals surface area contributed by atoms with Crippen molar-refractivity contribution in [1.82, 2.24) is 9.88 Å². The second-order valence-electron chi connectivity index (χ2n) is 5.47. The highest BCUT2D eigenvalue weighted by Crippen LogP contribution is 2.20. The highest BCUT2D eigenvalue weighted by Gasteiger charge is 2.23. The number of H-pyrrole nitrogens is 1. The fourth-order valence-corrected chi connectivity index (χ4v) is 2.57. The van der Waals surface area contributed by atoms with Crippen LogP contribution in [0.5, 0.6) is 0 Å². The number of aromatic amines is 1. The van der Waals surface area contributed by atoms with E-state index in [2.05, 4.69) is 10.3 Å². The maximum Gasteiger partial charge on any atom is 0.257 e. The Bertz CT molecular complexity index is 703. The molecular weight excluding hydrogens is 294 g/mol. The fraction of sp³-hybridized carbons (Fsp3) is 0.294. The number of amides is 2. The van der Waals surface area contributed by atoms with Crippen LogP contribution in [0, 0.1) is 6.92 Å². The molecule has 23 heavy (non-hydrogen) atoms. The Morgan fingerprint density at radius 1 is 1.17 bits per heavy atom. The van der Waals surface area contributed by atoms with Gasteiger partial charge in [-0.15, -0.1) is 0 Å². The lowest BCUT2D eigenvalue weighted by Crippen LogP contribution is -2.40. The number of aromatic nitrogens is 1. The number of hydrogen-bond acceptors (Lipinski definition) is 3. The van der Waals surface area contributed by atoms with Crippen LogP contribution in [0.2, 0.25) is 0 Å². The molecule has 120 valence electrons. The summed E-state index contributed by atoms with van der Waals surface area (Å²) < 4.78 is 5.27. The Morgan fingerprint density at radius 3 is 2.57 bits per heavy atom. The molecule has 3 rings (SSSR count). The second kappa shape index (κ2) is 6.66. The Labute approximate surface area is 134 Å². The van der Waals surface area contributed by atoms with Crippen LogP contribution in [0.4, 0.5) is 5.82 Å². The summed E-state index contributed by atoms with van der Waals surface area (Å²) in [5.74, 6) is 0.0948. The molecular formula is C17H19N3O3. The van der Waals surface area contributed by atoms with Gasteiger partial charge in [-0.05, 0) is 25.1 Å². The standard InChI is InChI=1S/C17H19N3O3/c1-12-11-14(17(22)20-7-9-23-10-8-20)15(18-12)19-16(21)13-5-3-2-4-6-13/h2-6,11,18H,7-10H2,1H3,(H,19,21). The van der Waals surface area contributed by atoms with Crippen molar-refractivity contribution in [2.24, 2.45) is 0 Å². The topological polar surface area (TPSA) is 74.4 Å². The summed E-state index contributed by atoms with van der Waals surface area (Å²) in [5.41, 5.74) is 1.85. The van der Waals surface area contributed by atoms with Crippen molar-refractivity contribution in [2.45, 2.75) is 6.92 Å². The summed E-state index contributed by atoms with van der Waals surface area (Å²) in [6, 6.07) is 10.7. The highest BCUT2D eigenvalue weighted by molar-refractivity contribution is 6.08. The molecule has 1 aliphatic heterocycles. The minimum atomic E-state index is -0.247. The number of carbonyl (C=O) groups is 2. The predicted octanol–water partition coefficient (Wildman–Crippen LogP) is 2.05. The van der Waals surface area contributed by atoms with Crippen LogP contribution >= 0.6 is 0 Å². The van der Waals surface area contributed by atoms with Gasteiger partial charge in [-0.2, -0.15) is 0 Å². The van der Waals surface area contributed by atoms with E-state index in [-0.39, 0.29) is 11.8 Å². The molecule has 6 nitrogen and oxygen atoms in total. The van der Waals surface area contributed by atoms with Gasteiger partial charge in [0.25, 0.3) is 11.8 Å². The lowest BCUT2D eigenvalue weighted by atomic mass is 10.2. The van der Waals surface area contributed by atoms with Crippen molar-refractivity contribution < 1.29 is 14.3 Å². The van der Waals surface area contributed by atoms with Gasteiger partial charge in [0.15, 0.2) is 0 Å². The smallest absolute Gasteiger partial charge is 0.257 e. The summed E-state index contributed by atoms with van der Waals surface area (Å²) >= 11 is 0. The van der Waals surface area contributed by atoms with Gasteiger partial charge in [-0.3, -0.25) is 9.59 Å². The lowest BCUT2D eigenvalue weighted by Gasteiger charge is -2.26. The molecule has 0 atom stereocenters. The maximum atomic E-state index is 12.7. The Balaban J connectivity index is 1.80. The molecule has 2 N–H and O–H groups in total. The average molecular weight is 313 g/mol. The van der Waals surface area contributed by atoms with Gasteiger partial charge in [0.1, 0.15) is 5.82 Å². The number of hydrogen-bond donors (Lipinski definition) is 2. The van der Waals surface area contributed by atoms with E-state index in [1.54, 1.807) is 35.2 Å². The van der Waals surface area contributed by atoms with E-state index in [4.69, 9.17) is 4.74 Å². The van der Waals surface area contributed by atoms with Crippen molar-refractivity contribution in [3.05, 3.63) is 53.2 Å². The van der Waals surface area contributed by atoms with E-state index in [1.165, 1.54) is 0 Å². The molecule has 0 bridgehead atoms. The number of anilines is 1. The molecule has 0 radical (unpaired) electrons. The number of aryl methyl sites for hydroxylation is 1. The molecule has 1 aromatic carbocycles. The zero-order valence-electron chi connectivity index (χ0n) is 13.0. The van der Waals surface area contributed by atoms with Gasteiger partial charge in [-0.25, -0.2) is 0 Å². The van der Waals surface area contributed by atoms with Crippen molar-refractivity contribution in [3.63, 3.8) is 0 Å². The normalized spacial score (nSPS) is 14.6. The third-order valence-corrected chi connectivity index (χ3v) is 3.76. The molecule has 6 heteroatoms. The van der Waals surface area contributed by atoms with Gasteiger partial charge in [0.2, 0.25) is 0 Å². The molecule has 1 fully saturated rings. The molecule has 2 heterocycles. The summed E-state index contributed by atoms with van der Waals surface area (Å²) in [6.45, 7) is 4.07. The molecule has 0 unspecified atom stereocenters. The monoisotopic (exact) mass is 313 g/mol. The van der Waals surface area contributed by atoms with Crippen molar-refractivity contribution in [1.29, 1.82) is 0 Å². The summed E-state index contributed by atoms with van der Waals surface area (Å²) in [6.07, 6.45) is 0. The first kappa shape index (κ1) is 15.3. The van der Waals surface area contributed by atoms with Gasteiger partial charge in [-0.1, -0.05) is 18.2 Å². The number of ether oxygens (including phenoxy) is 1. The number of nitrogens with one attached hydrogen (secondary N) is 2. The van der Waals surface area contributed by atoms with Crippen LogP contribution in [-0.2, 0) is 4.74 Å². The number of nitrogens with zero attached hydrogens (tertiary/aromatic N) is 1. The Morgan fingerprint density at radius 2 is 1.87 bits per heavy atom. The molecule has 1 saturated heterocycles. The lowest BCUT2D eigenvalue weighted by molar-refractivity contribution is 0.0303. The largest absolute Gasteiger partial charge is 0.378 e. The van der Waals surface area contributed by atoms with Crippen LogP contribution in [0.15, 0.2) is 36.4 Å². The summed E-state index contributed by atoms with van der Waals surface area (Å²) in [7, 11) is 0. The summed E-state index contributed by atoms with van der Waals surface area (Å²) in [4.78, 5) is 29.7. The average Bonchev–Trinajstić information content (AvgIpc) is 2.96. The minimum absolute atomic E-state index is 0.0963. The molecule has 0 spiro atoms. The van der Waals surface area contributed by atoms with Gasteiger partial charge >= 0.3 is 0 Å². The SMILES string of the molecule is Cc1cc(C(=O)N2CCOCC2)c(NC(=O)c2ccccc2)[nH]1. The number of morpholine rings is 1. The molecule has 0 aliphatic carbocycles. The third-order valence-electron chi connectivity index (χ3n) is 3.76. The van der Waals surface area contributed by atoms with Gasteiger partial charge in [0.05, 0.1) is 18.8 Å². The molecule has 2 aromatic rings. The van der Waals surface area contributed by atoms with E-state index < -0.39 is 0 Å². The number of rotatable bonds is 3. The van der Waals surface area contributed by atoms with E-state index in [0.717, 1.165) is 5.69 Å². The first-order chi connectivity index (χ1) is 11.1. The van der Waals surface area contributed by atoms with E-state index in [1.807, 2.05) is 13.0 Å². The number of benzene rings is 1. The maximum absolute atomic E-state index is 12.7. The van der Waals surface area contributed by atoms with E-state index >= 15 is 0 Å². The third kappa shape index (κ3) is 3.43. The van der Waals surface area contributed by atoms with Crippen molar-refractivity contribution in [3.8, 4) is 0 Å². The van der Waals surface area contributed by atoms with Crippen LogP contribution in [0.3, 0.4) is 0 Å². The van der Waals surface area contributed by atoms with Crippen LogP contribution in [0.1, 0.15) is 26.4 Å². The van der Waals surface area contributed by atoms with Crippen LogP contribution in [-0.4, -0.2) is 48.0 Å². The molecule has 1 aromatic heterocycles. The zero-order chi connectivity index (χ0) is 16.2. The molecule has 1 aliphatic rings. The fourth-order valence-electron chi connectivity index (χ4n) is 2.57. The predicted molar refractivity (Wildman–Crippen MR) is 86.6 cm³/mol. The first-order valence-corrected chi connectivity index (χ1v) is 7.58. The van der Waals surface area contributed by atoms with Crippen LogP contribution < -0.4 is 5.32 Å². The van der Waals surface area contributed by atoms with Crippen molar-refractivity contribution in [2.75, 3.05) is 31.6 Å². The number of carbonyl (C=O) groups excluding carboxylic acids is 2. The van der Waals surface area contributed by atoms with Gasteiger partial charge < -0.3 is 19.9 Å². The van der Waals surface area contributed by atoms with Crippen molar-refractivity contribution >= 4 is 17.6 Å².